The topological polar surface area (TPSA) is 96.2 Å². The van der Waals surface area contributed by atoms with Crippen molar-refractivity contribution in [1.29, 1.82) is 0 Å². The number of aryl methyl sites for hydroxylation is 1. The number of hydrogen-bond acceptors (Lipinski definition) is 3. The minimum atomic E-state index is -1.33. The van der Waals surface area contributed by atoms with Crippen LogP contribution in [-0.4, -0.2) is 26.9 Å². The monoisotopic (exact) mass is 292 g/mol. The molecule has 0 spiro atoms. The van der Waals surface area contributed by atoms with Crippen LogP contribution in [0.1, 0.15) is 17.3 Å². The van der Waals surface area contributed by atoms with Crippen LogP contribution in [0.3, 0.4) is 0 Å². The van der Waals surface area contributed by atoms with Crippen LogP contribution in [0.5, 0.6) is 0 Å². The molecule has 2 aromatic rings. The number of carbonyl (C=O) groups is 2. The number of carboxylic acids is 1. The van der Waals surface area contributed by atoms with Crippen LogP contribution in [0.15, 0.2) is 30.6 Å². The summed E-state index contributed by atoms with van der Waals surface area (Å²) < 4.78 is 14.7. The van der Waals surface area contributed by atoms with Gasteiger partial charge >= 0.3 is 12.0 Å². The average molecular weight is 292 g/mol. The molecule has 1 heterocycles. The van der Waals surface area contributed by atoms with Gasteiger partial charge in [0.2, 0.25) is 0 Å². The highest BCUT2D eigenvalue weighted by Crippen LogP contribution is 2.17. The number of amides is 2. The standard InChI is InChI=1S/C13H13FN4O3/c1-2-18-7-9(6-15-18)16-13(21)17-11-4-3-8(14)5-10(11)12(19)20/h3-7H,2H2,1H3,(H,19,20)(H2,16,17,21). The number of carboxylic acid groups (broad SMARTS) is 1. The Morgan fingerprint density at radius 1 is 1.38 bits per heavy atom. The van der Waals surface area contributed by atoms with E-state index in [0.29, 0.717) is 12.2 Å². The summed E-state index contributed by atoms with van der Waals surface area (Å²) in [5.74, 6) is -2.02. The molecule has 0 aliphatic carbocycles. The summed E-state index contributed by atoms with van der Waals surface area (Å²) in [6.07, 6.45) is 3.09. The minimum Gasteiger partial charge on any atom is -0.478 e. The number of nitrogens with one attached hydrogen (secondary N) is 2. The number of aromatic nitrogens is 2. The number of rotatable bonds is 4. The van der Waals surface area contributed by atoms with Gasteiger partial charge in [0.15, 0.2) is 0 Å². The SMILES string of the molecule is CCn1cc(NC(=O)Nc2ccc(F)cc2C(=O)O)cn1. The van der Waals surface area contributed by atoms with Crippen LogP contribution < -0.4 is 10.6 Å². The Hall–Kier alpha value is -2.90. The van der Waals surface area contributed by atoms with Crippen LogP contribution in [0.25, 0.3) is 0 Å². The summed E-state index contributed by atoms with van der Waals surface area (Å²) >= 11 is 0. The first-order valence-electron chi connectivity index (χ1n) is 6.13. The summed E-state index contributed by atoms with van der Waals surface area (Å²) in [5, 5.41) is 17.8. The fourth-order valence-corrected chi connectivity index (χ4v) is 1.69. The third-order valence-electron chi connectivity index (χ3n) is 2.68. The number of halogens is 1. The molecule has 0 bridgehead atoms. The fraction of sp³-hybridized carbons (Fsp3) is 0.154. The van der Waals surface area contributed by atoms with Crippen LogP contribution >= 0.6 is 0 Å². The molecule has 3 N–H and O–H groups in total. The number of nitrogens with zero attached hydrogens (tertiary/aromatic N) is 2. The summed E-state index contributed by atoms with van der Waals surface area (Å²) in [6, 6.07) is 2.46. The van der Waals surface area contributed by atoms with Crippen LogP contribution in [0.2, 0.25) is 0 Å². The van der Waals surface area contributed by atoms with Crippen molar-refractivity contribution in [3.05, 3.63) is 42.0 Å². The van der Waals surface area contributed by atoms with Gasteiger partial charge in [0, 0.05) is 12.7 Å². The van der Waals surface area contributed by atoms with Crippen molar-refractivity contribution in [3.63, 3.8) is 0 Å². The van der Waals surface area contributed by atoms with Gasteiger partial charge in [0.1, 0.15) is 5.82 Å². The Kier molecular flexibility index (Phi) is 4.17. The van der Waals surface area contributed by atoms with E-state index in [-0.39, 0.29) is 11.3 Å². The molecule has 1 aromatic heterocycles. The number of benzene rings is 1. The van der Waals surface area contributed by atoms with E-state index in [9.17, 15) is 14.0 Å². The maximum atomic E-state index is 13.0. The highest BCUT2D eigenvalue weighted by Gasteiger charge is 2.14. The zero-order valence-electron chi connectivity index (χ0n) is 11.1. The molecule has 0 fully saturated rings. The summed E-state index contributed by atoms with van der Waals surface area (Å²) in [7, 11) is 0. The van der Waals surface area contributed by atoms with Crippen LogP contribution in [0, 0.1) is 5.82 Å². The van der Waals surface area contributed by atoms with Gasteiger partial charge < -0.3 is 15.7 Å². The summed E-state index contributed by atoms with van der Waals surface area (Å²) in [5.41, 5.74) is 0.145. The van der Waals surface area contributed by atoms with Gasteiger partial charge in [0.05, 0.1) is 23.1 Å². The van der Waals surface area contributed by atoms with E-state index in [0.717, 1.165) is 12.1 Å². The van der Waals surface area contributed by atoms with E-state index in [1.165, 1.54) is 12.3 Å². The molecule has 1 aromatic carbocycles. The number of urea groups is 1. The molecule has 0 saturated carbocycles. The maximum absolute atomic E-state index is 13.0. The molecule has 0 aliphatic heterocycles. The molecule has 0 saturated heterocycles. The van der Waals surface area contributed by atoms with Crippen molar-refractivity contribution in [3.8, 4) is 0 Å². The van der Waals surface area contributed by atoms with E-state index in [1.807, 2.05) is 6.92 Å². The smallest absolute Gasteiger partial charge is 0.337 e. The molecule has 0 aliphatic rings. The number of aromatic carboxylic acids is 1. The quantitative estimate of drug-likeness (QED) is 0.806. The summed E-state index contributed by atoms with van der Waals surface area (Å²) in [6.45, 7) is 2.55. The van der Waals surface area contributed by atoms with Gasteiger partial charge in [-0.3, -0.25) is 4.68 Å². The third-order valence-corrected chi connectivity index (χ3v) is 2.68. The fourth-order valence-electron chi connectivity index (χ4n) is 1.69. The third kappa shape index (κ3) is 3.56. The number of hydrogen-bond donors (Lipinski definition) is 3. The van der Waals surface area contributed by atoms with Gasteiger partial charge in [-0.2, -0.15) is 5.10 Å². The molecular formula is C13H13FN4O3. The molecule has 2 amide bonds. The number of carbonyl (C=O) groups excluding carboxylic acids is 1. The maximum Gasteiger partial charge on any atom is 0.337 e. The van der Waals surface area contributed by atoms with Gasteiger partial charge in [-0.15, -0.1) is 0 Å². The number of anilines is 2. The van der Waals surface area contributed by atoms with Gasteiger partial charge in [-0.25, -0.2) is 14.0 Å². The Labute approximate surface area is 119 Å². The molecule has 0 unspecified atom stereocenters. The zero-order chi connectivity index (χ0) is 15.4. The molecule has 0 radical (unpaired) electrons. The lowest BCUT2D eigenvalue weighted by Crippen LogP contribution is -2.20. The van der Waals surface area contributed by atoms with Crippen molar-refractivity contribution in [2.45, 2.75) is 13.5 Å². The van der Waals surface area contributed by atoms with Gasteiger partial charge in [0.25, 0.3) is 0 Å². The lowest BCUT2D eigenvalue weighted by atomic mass is 10.2. The van der Waals surface area contributed by atoms with Gasteiger partial charge in [-0.05, 0) is 25.1 Å². The van der Waals surface area contributed by atoms with Crippen molar-refractivity contribution < 1.29 is 19.1 Å². The second-order valence-corrected chi connectivity index (χ2v) is 4.16. The second kappa shape index (κ2) is 6.04. The Morgan fingerprint density at radius 2 is 2.14 bits per heavy atom. The molecule has 2 rings (SSSR count). The lowest BCUT2D eigenvalue weighted by molar-refractivity contribution is 0.0697. The van der Waals surface area contributed by atoms with E-state index >= 15 is 0 Å². The normalized spacial score (nSPS) is 10.2. The predicted octanol–water partition coefficient (Wildman–Crippen LogP) is 2.38. The Morgan fingerprint density at radius 3 is 2.76 bits per heavy atom. The van der Waals surface area contributed by atoms with E-state index in [2.05, 4.69) is 15.7 Å². The molecule has 110 valence electrons. The second-order valence-electron chi connectivity index (χ2n) is 4.16. The highest BCUT2D eigenvalue weighted by molar-refractivity contribution is 6.04. The lowest BCUT2D eigenvalue weighted by Gasteiger charge is -2.08. The Bertz CT molecular complexity index is 684. The van der Waals surface area contributed by atoms with Gasteiger partial charge in [-0.1, -0.05) is 0 Å². The van der Waals surface area contributed by atoms with Crippen molar-refractivity contribution in [1.82, 2.24) is 9.78 Å². The molecule has 7 nitrogen and oxygen atoms in total. The molecule has 8 heteroatoms. The molecule has 0 atom stereocenters. The first-order valence-corrected chi connectivity index (χ1v) is 6.13. The molecule has 21 heavy (non-hydrogen) atoms. The van der Waals surface area contributed by atoms with E-state index in [4.69, 9.17) is 5.11 Å². The minimum absolute atomic E-state index is 0.00397. The Balaban J connectivity index is 2.10. The van der Waals surface area contributed by atoms with Crippen molar-refractivity contribution in [2.75, 3.05) is 10.6 Å². The highest BCUT2D eigenvalue weighted by atomic mass is 19.1. The first-order chi connectivity index (χ1) is 9.99. The average Bonchev–Trinajstić information content (AvgIpc) is 2.88. The summed E-state index contributed by atoms with van der Waals surface area (Å²) in [4.78, 5) is 22.8. The first kappa shape index (κ1) is 14.5. The van der Waals surface area contributed by atoms with Crippen LogP contribution in [-0.2, 0) is 6.54 Å². The van der Waals surface area contributed by atoms with Crippen LogP contribution in [0.4, 0.5) is 20.6 Å². The molecular weight excluding hydrogens is 279 g/mol. The predicted molar refractivity (Wildman–Crippen MR) is 73.9 cm³/mol. The van der Waals surface area contributed by atoms with Crippen molar-refractivity contribution >= 4 is 23.4 Å². The largest absolute Gasteiger partial charge is 0.478 e. The van der Waals surface area contributed by atoms with E-state index in [1.54, 1.807) is 10.9 Å². The van der Waals surface area contributed by atoms with Crippen molar-refractivity contribution in [2.24, 2.45) is 0 Å². The van der Waals surface area contributed by atoms with E-state index < -0.39 is 17.8 Å². The zero-order valence-corrected chi connectivity index (χ0v) is 11.1.